The van der Waals surface area contributed by atoms with Crippen molar-refractivity contribution in [3.05, 3.63) is 74.8 Å². The number of carbonyl (C=O) groups excluding carboxylic acids is 1. The molecule has 0 amide bonds. The first-order valence-electron chi connectivity index (χ1n) is 7.50. The summed E-state index contributed by atoms with van der Waals surface area (Å²) in [4.78, 5) is 21.5. The largest absolute Gasteiger partial charge is 0.487 e. The third kappa shape index (κ3) is 5.61. The fourth-order valence-corrected chi connectivity index (χ4v) is 2.21. The summed E-state index contributed by atoms with van der Waals surface area (Å²) in [7, 11) is 0. The van der Waals surface area contributed by atoms with Gasteiger partial charge in [-0.3, -0.25) is 10.1 Å². The van der Waals surface area contributed by atoms with E-state index in [1.807, 2.05) is 0 Å². The van der Waals surface area contributed by atoms with Crippen LogP contribution < -0.4 is 4.74 Å². The zero-order valence-electron chi connectivity index (χ0n) is 13.5. The molecule has 0 bridgehead atoms. The van der Waals surface area contributed by atoms with E-state index < -0.39 is 10.9 Å². The van der Waals surface area contributed by atoms with E-state index in [1.54, 1.807) is 43.3 Å². The van der Waals surface area contributed by atoms with Gasteiger partial charge < -0.3 is 9.47 Å². The fraction of sp³-hybridized carbons (Fsp3) is 0.167. The van der Waals surface area contributed by atoms with Crippen LogP contribution in [0, 0.1) is 10.1 Å². The van der Waals surface area contributed by atoms with Gasteiger partial charge in [-0.05, 0) is 48.4 Å². The molecule has 0 radical (unpaired) electrons. The molecule has 130 valence electrons. The van der Waals surface area contributed by atoms with Crippen LogP contribution in [0.3, 0.4) is 0 Å². The number of rotatable bonds is 7. The minimum absolute atomic E-state index is 0.0273. The van der Waals surface area contributed by atoms with Crippen LogP contribution >= 0.6 is 11.6 Å². The topological polar surface area (TPSA) is 78.7 Å². The molecular formula is C18H16ClNO5. The molecule has 25 heavy (non-hydrogen) atoms. The molecule has 0 saturated heterocycles. The molecule has 2 aromatic carbocycles. The van der Waals surface area contributed by atoms with Gasteiger partial charge in [-0.25, -0.2) is 4.79 Å². The SMILES string of the molecule is CCOC(=O)/C=C/c1ccc(OCc2ccc([N+](=O)[O-])cc2)c(Cl)c1. The summed E-state index contributed by atoms with van der Waals surface area (Å²) in [6, 6.07) is 11.2. The van der Waals surface area contributed by atoms with Crippen LogP contribution in [0.5, 0.6) is 5.75 Å². The number of hydrogen-bond donors (Lipinski definition) is 0. The lowest BCUT2D eigenvalue weighted by Crippen LogP contribution is -1.98. The highest BCUT2D eigenvalue weighted by Crippen LogP contribution is 2.27. The highest BCUT2D eigenvalue weighted by atomic mass is 35.5. The lowest BCUT2D eigenvalue weighted by Gasteiger charge is -2.08. The van der Waals surface area contributed by atoms with E-state index in [0.29, 0.717) is 17.4 Å². The van der Waals surface area contributed by atoms with Crippen molar-refractivity contribution in [2.45, 2.75) is 13.5 Å². The van der Waals surface area contributed by atoms with Crippen LogP contribution in [-0.2, 0) is 16.1 Å². The number of esters is 1. The lowest BCUT2D eigenvalue weighted by atomic mass is 10.2. The number of halogens is 1. The van der Waals surface area contributed by atoms with Gasteiger partial charge >= 0.3 is 5.97 Å². The van der Waals surface area contributed by atoms with E-state index in [0.717, 1.165) is 11.1 Å². The van der Waals surface area contributed by atoms with Crippen molar-refractivity contribution >= 4 is 29.3 Å². The maximum absolute atomic E-state index is 11.3. The second-order valence-electron chi connectivity index (χ2n) is 4.99. The fourth-order valence-electron chi connectivity index (χ4n) is 1.97. The van der Waals surface area contributed by atoms with Crippen LogP contribution in [0.1, 0.15) is 18.1 Å². The molecule has 0 unspecified atom stereocenters. The summed E-state index contributed by atoms with van der Waals surface area (Å²) in [5.74, 6) is 0.0606. The van der Waals surface area contributed by atoms with E-state index in [9.17, 15) is 14.9 Å². The molecule has 0 saturated carbocycles. The average molecular weight is 362 g/mol. The number of nitro groups is 1. The van der Waals surface area contributed by atoms with Gasteiger partial charge in [0.05, 0.1) is 16.6 Å². The minimum Gasteiger partial charge on any atom is -0.487 e. The van der Waals surface area contributed by atoms with E-state index in [2.05, 4.69) is 0 Å². The molecule has 0 aliphatic heterocycles. The number of nitro benzene ring substituents is 1. The normalized spacial score (nSPS) is 10.6. The summed E-state index contributed by atoms with van der Waals surface area (Å²) in [6.45, 7) is 2.29. The van der Waals surface area contributed by atoms with Crippen LogP contribution in [0.4, 0.5) is 5.69 Å². The minimum atomic E-state index is -0.454. The molecule has 0 aliphatic carbocycles. The highest BCUT2D eigenvalue weighted by Gasteiger charge is 2.06. The molecule has 0 spiro atoms. The maximum Gasteiger partial charge on any atom is 0.330 e. The molecule has 0 N–H and O–H groups in total. The second kappa shape index (κ2) is 8.84. The van der Waals surface area contributed by atoms with Crippen molar-refractivity contribution in [2.75, 3.05) is 6.61 Å². The monoisotopic (exact) mass is 361 g/mol. The zero-order valence-corrected chi connectivity index (χ0v) is 14.2. The van der Waals surface area contributed by atoms with Gasteiger partial charge in [0.1, 0.15) is 12.4 Å². The van der Waals surface area contributed by atoms with E-state index in [4.69, 9.17) is 21.1 Å². The maximum atomic E-state index is 11.3. The molecule has 0 fully saturated rings. The molecule has 0 heterocycles. The highest BCUT2D eigenvalue weighted by molar-refractivity contribution is 6.32. The predicted octanol–water partition coefficient (Wildman–Crippen LogP) is 4.40. The van der Waals surface area contributed by atoms with E-state index in [-0.39, 0.29) is 12.3 Å². The first-order chi connectivity index (χ1) is 12.0. The van der Waals surface area contributed by atoms with Crippen LogP contribution in [-0.4, -0.2) is 17.5 Å². The van der Waals surface area contributed by atoms with Gasteiger partial charge in [0.2, 0.25) is 0 Å². The molecule has 0 aromatic heterocycles. The van der Waals surface area contributed by atoms with Crippen molar-refractivity contribution in [3.8, 4) is 5.75 Å². The molecule has 2 aromatic rings. The van der Waals surface area contributed by atoms with Crippen molar-refractivity contribution in [2.24, 2.45) is 0 Å². The van der Waals surface area contributed by atoms with Crippen LogP contribution in [0.25, 0.3) is 6.08 Å². The Hall–Kier alpha value is -2.86. The van der Waals surface area contributed by atoms with Gasteiger partial charge in [-0.2, -0.15) is 0 Å². The Bertz CT molecular complexity index is 787. The van der Waals surface area contributed by atoms with E-state index in [1.165, 1.54) is 18.2 Å². The first-order valence-corrected chi connectivity index (χ1v) is 7.88. The van der Waals surface area contributed by atoms with Gasteiger partial charge in [0, 0.05) is 18.2 Å². The first kappa shape index (κ1) is 18.5. The summed E-state index contributed by atoms with van der Waals surface area (Å²) < 4.78 is 10.4. The molecule has 0 aliphatic rings. The third-order valence-electron chi connectivity index (χ3n) is 3.20. The smallest absolute Gasteiger partial charge is 0.330 e. The Labute approximate surface area is 149 Å². The number of ether oxygens (including phenoxy) is 2. The van der Waals surface area contributed by atoms with E-state index >= 15 is 0 Å². The van der Waals surface area contributed by atoms with Gasteiger partial charge in [0.15, 0.2) is 0 Å². The second-order valence-corrected chi connectivity index (χ2v) is 5.39. The van der Waals surface area contributed by atoms with Crippen molar-refractivity contribution in [1.82, 2.24) is 0 Å². The summed E-state index contributed by atoms with van der Waals surface area (Å²) >= 11 is 6.17. The molecule has 0 atom stereocenters. The summed E-state index contributed by atoms with van der Waals surface area (Å²) in [5.41, 5.74) is 1.55. The van der Waals surface area contributed by atoms with Crippen molar-refractivity contribution in [1.29, 1.82) is 0 Å². The Balaban J connectivity index is 1.98. The third-order valence-corrected chi connectivity index (χ3v) is 3.49. The van der Waals surface area contributed by atoms with Gasteiger partial charge in [-0.15, -0.1) is 0 Å². The average Bonchev–Trinajstić information content (AvgIpc) is 2.60. The summed E-state index contributed by atoms with van der Waals surface area (Å²) in [6.07, 6.45) is 2.93. The number of benzene rings is 2. The standard InChI is InChI=1S/C18H16ClNO5/c1-2-24-18(21)10-6-13-5-9-17(16(19)11-13)25-12-14-3-7-15(8-4-14)20(22)23/h3-11H,2,12H2,1H3/b10-6+. The number of non-ortho nitro benzene ring substituents is 1. The molecule has 6 nitrogen and oxygen atoms in total. The zero-order chi connectivity index (χ0) is 18.2. The van der Waals surface area contributed by atoms with Gasteiger partial charge in [0.25, 0.3) is 5.69 Å². The van der Waals surface area contributed by atoms with Crippen molar-refractivity contribution < 1.29 is 19.2 Å². The van der Waals surface area contributed by atoms with Gasteiger partial charge in [-0.1, -0.05) is 17.7 Å². The predicted molar refractivity (Wildman–Crippen MR) is 94.5 cm³/mol. The quantitative estimate of drug-likeness (QED) is 0.316. The number of nitrogens with zero attached hydrogens (tertiary/aromatic N) is 1. The molecule has 7 heteroatoms. The Morgan fingerprint density at radius 1 is 1.24 bits per heavy atom. The Kier molecular flexibility index (Phi) is 6.54. The molecule has 2 rings (SSSR count). The number of carbonyl (C=O) groups is 1. The summed E-state index contributed by atoms with van der Waals surface area (Å²) in [5, 5.41) is 11.0. The Morgan fingerprint density at radius 3 is 2.56 bits per heavy atom. The Morgan fingerprint density at radius 2 is 1.96 bits per heavy atom. The molecular weight excluding hydrogens is 346 g/mol. The number of hydrogen-bond acceptors (Lipinski definition) is 5. The van der Waals surface area contributed by atoms with Crippen LogP contribution in [0.2, 0.25) is 5.02 Å². The van der Waals surface area contributed by atoms with Crippen molar-refractivity contribution in [3.63, 3.8) is 0 Å². The lowest BCUT2D eigenvalue weighted by molar-refractivity contribution is -0.384. The van der Waals surface area contributed by atoms with Crippen LogP contribution in [0.15, 0.2) is 48.5 Å².